The molecule has 18 heavy (non-hydrogen) atoms. The standard InChI is InChI=1S/C12H13N5O/c1-18-10-3-2-9(7-13)11(6-10)14-5-4-12-15-8-16-17-12/h2-3,6,8,14H,4-5H2,1H3,(H,15,16,17). The van der Waals surface area contributed by atoms with E-state index >= 15 is 0 Å². The third-order valence-corrected chi connectivity index (χ3v) is 2.49. The van der Waals surface area contributed by atoms with Gasteiger partial charge >= 0.3 is 0 Å². The first-order valence-corrected chi connectivity index (χ1v) is 5.49. The van der Waals surface area contributed by atoms with Gasteiger partial charge in [0.05, 0.1) is 18.4 Å². The van der Waals surface area contributed by atoms with Crippen molar-refractivity contribution in [2.45, 2.75) is 6.42 Å². The van der Waals surface area contributed by atoms with Gasteiger partial charge in [0.1, 0.15) is 24.0 Å². The van der Waals surface area contributed by atoms with E-state index in [0.717, 1.165) is 17.3 Å². The van der Waals surface area contributed by atoms with E-state index in [9.17, 15) is 0 Å². The lowest BCUT2D eigenvalue weighted by Gasteiger charge is -2.09. The summed E-state index contributed by atoms with van der Waals surface area (Å²) >= 11 is 0. The molecule has 0 unspecified atom stereocenters. The summed E-state index contributed by atoms with van der Waals surface area (Å²) in [5.41, 5.74) is 1.35. The molecule has 0 radical (unpaired) electrons. The van der Waals surface area contributed by atoms with Crippen molar-refractivity contribution in [1.82, 2.24) is 15.2 Å². The van der Waals surface area contributed by atoms with E-state index in [4.69, 9.17) is 10.00 Å². The second-order valence-corrected chi connectivity index (χ2v) is 3.63. The number of nitrogens with one attached hydrogen (secondary N) is 2. The molecule has 6 heteroatoms. The van der Waals surface area contributed by atoms with Crippen molar-refractivity contribution in [3.8, 4) is 11.8 Å². The van der Waals surface area contributed by atoms with Crippen LogP contribution in [0.3, 0.4) is 0 Å². The van der Waals surface area contributed by atoms with Gasteiger partial charge in [0, 0.05) is 19.0 Å². The van der Waals surface area contributed by atoms with E-state index < -0.39 is 0 Å². The first-order chi connectivity index (χ1) is 8.83. The Bertz CT molecular complexity index is 544. The highest BCUT2D eigenvalue weighted by molar-refractivity contribution is 5.60. The van der Waals surface area contributed by atoms with Crippen molar-refractivity contribution >= 4 is 5.69 Å². The molecule has 92 valence electrons. The molecule has 0 fully saturated rings. The summed E-state index contributed by atoms with van der Waals surface area (Å²) in [6, 6.07) is 7.44. The van der Waals surface area contributed by atoms with Crippen LogP contribution in [0.5, 0.6) is 5.75 Å². The van der Waals surface area contributed by atoms with Crippen LogP contribution in [-0.4, -0.2) is 28.8 Å². The summed E-state index contributed by atoms with van der Waals surface area (Å²) in [6.07, 6.45) is 2.18. The molecule has 0 bridgehead atoms. The fraction of sp³-hybridized carbons (Fsp3) is 0.250. The lowest BCUT2D eigenvalue weighted by molar-refractivity contribution is 0.415. The number of aromatic amines is 1. The van der Waals surface area contributed by atoms with E-state index in [2.05, 4.69) is 26.6 Å². The van der Waals surface area contributed by atoms with Gasteiger partial charge in [-0.2, -0.15) is 10.4 Å². The fourth-order valence-corrected chi connectivity index (χ4v) is 1.56. The van der Waals surface area contributed by atoms with Gasteiger partial charge in [0.25, 0.3) is 0 Å². The molecular formula is C12H13N5O. The highest BCUT2D eigenvalue weighted by Gasteiger charge is 2.04. The van der Waals surface area contributed by atoms with Crippen LogP contribution in [0.25, 0.3) is 0 Å². The summed E-state index contributed by atoms with van der Waals surface area (Å²) in [5, 5.41) is 18.7. The molecule has 1 heterocycles. The van der Waals surface area contributed by atoms with Gasteiger partial charge in [-0.25, -0.2) is 4.98 Å². The SMILES string of the molecule is COc1ccc(C#N)c(NCCc2ncn[nH]2)c1. The number of rotatable bonds is 5. The first-order valence-electron chi connectivity index (χ1n) is 5.49. The Balaban J connectivity index is 2.01. The average molecular weight is 243 g/mol. The predicted molar refractivity (Wildman–Crippen MR) is 66.3 cm³/mol. The van der Waals surface area contributed by atoms with Crippen LogP contribution in [0.15, 0.2) is 24.5 Å². The number of methoxy groups -OCH3 is 1. The highest BCUT2D eigenvalue weighted by Crippen LogP contribution is 2.21. The fourth-order valence-electron chi connectivity index (χ4n) is 1.56. The number of aromatic nitrogens is 3. The van der Waals surface area contributed by atoms with Crippen LogP contribution < -0.4 is 10.1 Å². The molecule has 0 aliphatic carbocycles. The normalized spacial score (nSPS) is 9.78. The minimum atomic E-state index is 0.591. The lowest BCUT2D eigenvalue weighted by atomic mass is 10.2. The van der Waals surface area contributed by atoms with Gasteiger partial charge in [-0.05, 0) is 12.1 Å². The largest absolute Gasteiger partial charge is 0.497 e. The molecule has 1 aromatic carbocycles. The third-order valence-electron chi connectivity index (χ3n) is 2.49. The summed E-state index contributed by atoms with van der Waals surface area (Å²) in [6.45, 7) is 0.664. The topological polar surface area (TPSA) is 86.6 Å². The molecule has 6 nitrogen and oxygen atoms in total. The van der Waals surface area contributed by atoms with Crippen LogP contribution in [0, 0.1) is 11.3 Å². The van der Waals surface area contributed by atoms with Crippen LogP contribution in [0.4, 0.5) is 5.69 Å². The number of nitriles is 1. The van der Waals surface area contributed by atoms with Crippen molar-refractivity contribution in [1.29, 1.82) is 5.26 Å². The van der Waals surface area contributed by atoms with E-state index in [1.165, 1.54) is 6.33 Å². The minimum absolute atomic E-state index is 0.591. The van der Waals surface area contributed by atoms with Crippen LogP contribution in [-0.2, 0) is 6.42 Å². The van der Waals surface area contributed by atoms with Crippen molar-refractivity contribution in [3.63, 3.8) is 0 Å². The molecule has 0 aliphatic rings. The van der Waals surface area contributed by atoms with Gasteiger partial charge in [-0.15, -0.1) is 0 Å². The number of nitrogens with zero attached hydrogens (tertiary/aromatic N) is 3. The first kappa shape index (κ1) is 11.9. The Kier molecular flexibility index (Phi) is 3.76. The molecule has 0 aliphatic heterocycles. The maximum absolute atomic E-state index is 9.01. The second kappa shape index (κ2) is 5.68. The summed E-state index contributed by atoms with van der Waals surface area (Å²) in [7, 11) is 1.60. The molecule has 0 atom stereocenters. The zero-order chi connectivity index (χ0) is 12.8. The number of hydrogen-bond acceptors (Lipinski definition) is 5. The van der Waals surface area contributed by atoms with E-state index in [1.807, 2.05) is 0 Å². The quantitative estimate of drug-likeness (QED) is 0.827. The Labute approximate surface area is 105 Å². The summed E-state index contributed by atoms with van der Waals surface area (Å²) < 4.78 is 5.13. The van der Waals surface area contributed by atoms with Crippen LogP contribution in [0.2, 0.25) is 0 Å². The number of benzene rings is 1. The zero-order valence-electron chi connectivity index (χ0n) is 9.97. The summed E-state index contributed by atoms with van der Waals surface area (Å²) in [5.74, 6) is 1.53. The van der Waals surface area contributed by atoms with Crippen molar-refractivity contribution in [3.05, 3.63) is 35.9 Å². The molecule has 2 N–H and O–H groups in total. The minimum Gasteiger partial charge on any atom is -0.497 e. The average Bonchev–Trinajstić information content (AvgIpc) is 2.92. The van der Waals surface area contributed by atoms with Gasteiger partial charge in [-0.3, -0.25) is 5.10 Å². The van der Waals surface area contributed by atoms with Crippen molar-refractivity contribution in [2.24, 2.45) is 0 Å². The Morgan fingerprint density at radius 2 is 2.39 bits per heavy atom. The number of ether oxygens (including phenoxy) is 1. The second-order valence-electron chi connectivity index (χ2n) is 3.63. The van der Waals surface area contributed by atoms with Crippen molar-refractivity contribution in [2.75, 3.05) is 19.0 Å². The molecule has 2 aromatic rings. The molecule has 0 amide bonds. The summed E-state index contributed by atoms with van der Waals surface area (Å²) in [4.78, 5) is 4.03. The van der Waals surface area contributed by atoms with E-state index in [0.29, 0.717) is 18.5 Å². The molecule has 0 saturated carbocycles. The van der Waals surface area contributed by atoms with Gasteiger partial charge in [-0.1, -0.05) is 0 Å². The monoisotopic (exact) mass is 243 g/mol. The number of anilines is 1. The van der Waals surface area contributed by atoms with E-state index in [-0.39, 0.29) is 0 Å². The number of H-pyrrole nitrogens is 1. The van der Waals surface area contributed by atoms with Crippen LogP contribution in [0.1, 0.15) is 11.4 Å². The molecule has 0 spiro atoms. The lowest BCUT2D eigenvalue weighted by Crippen LogP contribution is -2.07. The van der Waals surface area contributed by atoms with Crippen molar-refractivity contribution < 1.29 is 4.74 Å². The van der Waals surface area contributed by atoms with Gasteiger partial charge in [0.15, 0.2) is 0 Å². The Morgan fingerprint density at radius 1 is 1.50 bits per heavy atom. The molecule has 2 rings (SSSR count). The predicted octanol–water partition coefficient (Wildman–Crippen LogP) is 1.34. The van der Waals surface area contributed by atoms with E-state index in [1.54, 1.807) is 25.3 Å². The van der Waals surface area contributed by atoms with Gasteiger partial charge in [0.2, 0.25) is 0 Å². The van der Waals surface area contributed by atoms with Crippen LogP contribution >= 0.6 is 0 Å². The third kappa shape index (κ3) is 2.77. The smallest absolute Gasteiger partial charge is 0.137 e. The molecule has 0 saturated heterocycles. The molecular weight excluding hydrogens is 230 g/mol. The Morgan fingerprint density at radius 3 is 3.06 bits per heavy atom. The Hall–Kier alpha value is -2.55. The maximum Gasteiger partial charge on any atom is 0.137 e. The maximum atomic E-state index is 9.01. The number of hydrogen-bond donors (Lipinski definition) is 2. The zero-order valence-corrected chi connectivity index (χ0v) is 9.97. The van der Waals surface area contributed by atoms with Gasteiger partial charge < -0.3 is 10.1 Å². The molecule has 1 aromatic heterocycles. The highest BCUT2D eigenvalue weighted by atomic mass is 16.5.